The summed E-state index contributed by atoms with van der Waals surface area (Å²) in [6.45, 7) is 4.37. The van der Waals surface area contributed by atoms with Crippen LogP contribution in [-0.2, 0) is 16.2 Å². The van der Waals surface area contributed by atoms with Crippen molar-refractivity contribution in [1.82, 2.24) is 5.06 Å². The Balaban J connectivity index is 1.71. The zero-order valence-corrected chi connectivity index (χ0v) is 16.1. The summed E-state index contributed by atoms with van der Waals surface area (Å²) in [6.07, 6.45) is 5.71. The SMILES string of the molecule is CC1(C)CON(Cc2cc(Cl)c(NN=C3CCCCC3)cc2Cl)C1=O. The number of rotatable bonds is 4. The number of hydrogen-bond donors (Lipinski definition) is 1. The molecule has 1 N–H and O–H groups in total. The van der Waals surface area contributed by atoms with Crippen molar-refractivity contribution in [3.63, 3.8) is 0 Å². The molecule has 0 unspecified atom stereocenters. The first-order valence-corrected chi connectivity index (χ1v) is 9.37. The number of carbonyl (C=O) groups is 1. The van der Waals surface area contributed by atoms with E-state index in [1.54, 1.807) is 12.1 Å². The van der Waals surface area contributed by atoms with E-state index in [0.29, 0.717) is 22.3 Å². The topological polar surface area (TPSA) is 53.9 Å². The van der Waals surface area contributed by atoms with E-state index in [0.717, 1.165) is 18.4 Å². The van der Waals surface area contributed by atoms with Gasteiger partial charge in [0.1, 0.15) is 0 Å². The molecule has 0 atom stereocenters. The molecule has 0 spiro atoms. The molecule has 3 rings (SSSR count). The summed E-state index contributed by atoms with van der Waals surface area (Å²) in [7, 11) is 0. The Bertz CT molecular complexity index is 696. The van der Waals surface area contributed by atoms with Crippen LogP contribution in [0.1, 0.15) is 51.5 Å². The highest BCUT2D eigenvalue weighted by atomic mass is 35.5. The van der Waals surface area contributed by atoms with E-state index in [1.165, 1.54) is 30.0 Å². The highest BCUT2D eigenvalue weighted by Crippen LogP contribution is 2.33. The number of halogens is 2. The molecule has 0 bridgehead atoms. The van der Waals surface area contributed by atoms with Gasteiger partial charge in [-0.05, 0) is 57.2 Å². The minimum Gasteiger partial charge on any atom is -0.277 e. The van der Waals surface area contributed by atoms with Gasteiger partial charge in [-0.1, -0.05) is 29.6 Å². The molecule has 1 aromatic carbocycles. The van der Waals surface area contributed by atoms with E-state index in [1.807, 2.05) is 13.8 Å². The number of anilines is 1. The Hall–Kier alpha value is -1.30. The van der Waals surface area contributed by atoms with Crippen molar-refractivity contribution < 1.29 is 9.63 Å². The predicted molar refractivity (Wildman–Crippen MR) is 101 cm³/mol. The maximum absolute atomic E-state index is 12.3. The molecular weight excluding hydrogens is 361 g/mol. The summed E-state index contributed by atoms with van der Waals surface area (Å²) in [4.78, 5) is 17.7. The van der Waals surface area contributed by atoms with Gasteiger partial charge in [0.15, 0.2) is 0 Å². The number of nitrogens with zero attached hydrogens (tertiary/aromatic N) is 2. The van der Waals surface area contributed by atoms with Crippen LogP contribution < -0.4 is 5.43 Å². The fourth-order valence-corrected chi connectivity index (χ4v) is 3.43. The van der Waals surface area contributed by atoms with Gasteiger partial charge < -0.3 is 0 Å². The molecule has 7 heteroatoms. The molecule has 1 aliphatic carbocycles. The summed E-state index contributed by atoms with van der Waals surface area (Å²) in [5, 5.41) is 6.85. The highest BCUT2D eigenvalue weighted by molar-refractivity contribution is 6.35. The lowest BCUT2D eigenvalue weighted by Crippen LogP contribution is -2.30. The van der Waals surface area contributed by atoms with Crippen LogP contribution in [0.2, 0.25) is 10.0 Å². The fourth-order valence-electron chi connectivity index (χ4n) is 2.98. The van der Waals surface area contributed by atoms with Gasteiger partial charge in [0, 0.05) is 10.7 Å². The summed E-state index contributed by atoms with van der Waals surface area (Å²) < 4.78 is 0. The van der Waals surface area contributed by atoms with E-state index in [-0.39, 0.29) is 12.5 Å². The second kappa shape index (κ2) is 7.52. The van der Waals surface area contributed by atoms with Crippen LogP contribution in [0.15, 0.2) is 17.2 Å². The number of carbonyl (C=O) groups excluding carboxylic acids is 1. The Labute approximate surface area is 158 Å². The lowest BCUT2D eigenvalue weighted by Gasteiger charge is -2.18. The van der Waals surface area contributed by atoms with Gasteiger partial charge in [0.25, 0.3) is 5.91 Å². The van der Waals surface area contributed by atoms with Crippen molar-refractivity contribution in [3.8, 4) is 0 Å². The number of nitrogens with one attached hydrogen (secondary N) is 1. The predicted octanol–water partition coefficient (Wildman–Crippen LogP) is 5.03. The van der Waals surface area contributed by atoms with Crippen molar-refractivity contribution in [3.05, 3.63) is 27.7 Å². The number of hydrogen-bond acceptors (Lipinski definition) is 4. The number of hydrazone groups is 1. The average Bonchev–Trinajstić information content (AvgIpc) is 2.84. The molecule has 2 aliphatic rings. The van der Waals surface area contributed by atoms with Crippen molar-refractivity contribution in [2.24, 2.45) is 10.5 Å². The molecule has 136 valence electrons. The lowest BCUT2D eigenvalue weighted by molar-refractivity contribution is -0.165. The van der Waals surface area contributed by atoms with Crippen LogP contribution in [-0.4, -0.2) is 23.3 Å². The standard InChI is InChI=1S/C18H23Cl2N3O2/c1-18(2)11-25-23(17(18)24)10-12-8-15(20)16(9-14(12)19)22-21-13-6-4-3-5-7-13/h8-9,22H,3-7,10-11H2,1-2H3. The third kappa shape index (κ3) is 4.27. The van der Waals surface area contributed by atoms with E-state index >= 15 is 0 Å². The van der Waals surface area contributed by atoms with Crippen LogP contribution in [0.3, 0.4) is 0 Å². The largest absolute Gasteiger partial charge is 0.277 e. The Morgan fingerprint density at radius 2 is 1.92 bits per heavy atom. The molecule has 2 fully saturated rings. The first kappa shape index (κ1) is 18.5. The molecule has 1 saturated carbocycles. The van der Waals surface area contributed by atoms with Gasteiger partial charge in [0.2, 0.25) is 0 Å². The zero-order chi connectivity index (χ0) is 18.0. The van der Waals surface area contributed by atoms with Gasteiger partial charge in [-0.15, -0.1) is 0 Å². The smallest absolute Gasteiger partial charge is 0.254 e. The van der Waals surface area contributed by atoms with E-state index in [4.69, 9.17) is 28.0 Å². The molecule has 0 aromatic heterocycles. The highest BCUT2D eigenvalue weighted by Gasteiger charge is 2.40. The minimum absolute atomic E-state index is 0.0504. The van der Waals surface area contributed by atoms with Crippen LogP contribution in [0.25, 0.3) is 0 Å². The molecule has 1 amide bonds. The average molecular weight is 384 g/mol. The van der Waals surface area contributed by atoms with E-state index in [9.17, 15) is 4.79 Å². The van der Waals surface area contributed by atoms with Crippen LogP contribution in [0, 0.1) is 5.41 Å². The molecule has 1 aliphatic heterocycles. The second-order valence-corrected chi connectivity index (χ2v) is 8.09. The molecule has 25 heavy (non-hydrogen) atoms. The summed E-state index contributed by atoms with van der Waals surface area (Å²) in [5.74, 6) is -0.0504. The van der Waals surface area contributed by atoms with Gasteiger partial charge in [-0.25, -0.2) is 5.06 Å². The summed E-state index contributed by atoms with van der Waals surface area (Å²) >= 11 is 12.7. The summed E-state index contributed by atoms with van der Waals surface area (Å²) in [5.41, 5.74) is 5.10. The molecule has 1 aromatic rings. The van der Waals surface area contributed by atoms with Crippen molar-refractivity contribution in [2.75, 3.05) is 12.0 Å². The van der Waals surface area contributed by atoms with E-state index < -0.39 is 5.41 Å². The van der Waals surface area contributed by atoms with Crippen LogP contribution in [0.4, 0.5) is 5.69 Å². The fraction of sp³-hybridized carbons (Fsp3) is 0.556. The molecule has 1 saturated heterocycles. The van der Waals surface area contributed by atoms with Crippen LogP contribution >= 0.6 is 23.2 Å². The van der Waals surface area contributed by atoms with Gasteiger partial charge in [-0.2, -0.15) is 5.10 Å². The third-order valence-electron chi connectivity index (χ3n) is 4.60. The number of hydroxylamine groups is 2. The summed E-state index contributed by atoms with van der Waals surface area (Å²) in [6, 6.07) is 3.51. The molecule has 5 nitrogen and oxygen atoms in total. The first-order valence-electron chi connectivity index (χ1n) is 8.61. The lowest BCUT2D eigenvalue weighted by atomic mass is 9.95. The van der Waals surface area contributed by atoms with Crippen molar-refractivity contribution >= 4 is 40.5 Å². The zero-order valence-electron chi connectivity index (χ0n) is 14.6. The Morgan fingerprint density at radius 1 is 1.20 bits per heavy atom. The third-order valence-corrected chi connectivity index (χ3v) is 5.27. The normalized spacial score (nSPS) is 20.1. The Kier molecular flexibility index (Phi) is 5.56. The molecular formula is C18H23Cl2N3O2. The molecule has 1 heterocycles. The van der Waals surface area contributed by atoms with Gasteiger partial charge in [0.05, 0.1) is 29.3 Å². The Morgan fingerprint density at radius 3 is 2.56 bits per heavy atom. The van der Waals surface area contributed by atoms with Gasteiger partial charge >= 0.3 is 0 Å². The minimum atomic E-state index is -0.506. The van der Waals surface area contributed by atoms with Crippen LogP contribution in [0.5, 0.6) is 0 Å². The maximum atomic E-state index is 12.3. The first-order chi connectivity index (χ1) is 11.9. The van der Waals surface area contributed by atoms with Crippen molar-refractivity contribution in [2.45, 2.75) is 52.5 Å². The van der Waals surface area contributed by atoms with Crippen molar-refractivity contribution in [1.29, 1.82) is 0 Å². The number of benzene rings is 1. The van der Waals surface area contributed by atoms with Gasteiger partial charge in [-0.3, -0.25) is 15.1 Å². The quantitative estimate of drug-likeness (QED) is 0.742. The maximum Gasteiger partial charge on any atom is 0.254 e. The molecule has 0 radical (unpaired) electrons. The number of amides is 1. The van der Waals surface area contributed by atoms with E-state index in [2.05, 4.69) is 10.5 Å². The monoisotopic (exact) mass is 383 g/mol. The second-order valence-electron chi connectivity index (χ2n) is 7.27.